The van der Waals surface area contributed by atoms with Crippen molar-refractivity contribution in [3.05, 3.63) is 11.4 Å². The van der Waals surface area contributed by atoms with Gasteiger partial charge in [-0.2, -0.15) is 5.10 Å². The topological polar surface area (TPSA) is 89.1 Å². The second kappa shape index (κ2) is 7.79. The van der Waals surface area contributed by atoms with Crippen molar-refractivity contribution in [3.63, 3.8) is 0 Å². The van der Waals surface area contributed by atoms with Gasteiger partial charge in [-0.25, -0.2) is 13.2 Å². The Morgan fingerprint density at radius 1 is 1.43 bits per heavy atom. The number of nitrogens with one attached hydrogen (secondary N) is 1. The van der Waals surface area contributed by atoms with E-state index < -0.39 is 15.0 Å². The van der Waals surface area contributed by atoms with Crippen LogP contribution in [0.25, 0.3) is 0 Å². The number of halogens is 1. The molecule has 0 aromatic carbocycles. The molecule has 0 bridgehead atoms. The molecular weight excluding hydrogens is 316 g/mol. The lowest BCUT2D eigenvalue weighted by molar-refractivity contribution is 0.0417. The van der Waals surface area contributed by atoms with Gasteiger partial charge in [0.2, 0.25) is 0 Å². The molecule has 1 aromatic heterocycles. The Balaban J connectivity index is 2.77. The van der Waals surface area contributed by atoms with Crippen molar-refractivity contribution in [2.75, 3.05) is 6.61 Å². The average Bonchev–Trinajstić information content (AvgIpc) is 2.80. The lowest BCUT2D eigenvalue weighted by atomic mass is 10.0. The highest BCUT2D eigenvalue weighted by atomic mass is 35.7. The number of H-pyrrole nitrogens is 1. The van der Waals surface area contributed by atoms with Crippen LogP contribution >= 0.6 is 10.7 Å². The third-order valence-electron chi connectivity index (χ3n) is 3.32. The van der Waals surface area contributed by atoms with Crippen LogP contribution in [0.15, 0.2) is 4.90 Å². The molecule has 0 saturated heterocycles. The van der Waals surface area contributed by atoms with Gasteiger partial charge in [0.25, 0.3) is 9.05 Å². The summed E-state index contributed by atoms with van der Waals surface area (Å²) in [4.78, 5) is 11.7. The average molecular weight is 337 g/mol. The molecular formula is C13H21ClN2O4S. The van der Waals surface area contributed by atoms with Gasteiger partial charge in [0.1, 0.15) is 4.90 Å². The Morgan fingerprint density at radius 2 is 2.10 bits per heavy atom. The van der Waals surface area contributed by atoms with E-state index in [0.29, 0.717) is 0 Å². The van der Waals surface area contributed by atoms with E-state index in [4.69, 9.17) is 15.4 Å². The zero-order chi connectivity index (χ0) is 16.0. The third-order valence-corrected chi connectivity index (χ3v) is 4.77. The monoisotopic (exact) mass is 336 g/mol. The van der Waals surface area contributed by atoms with Crippen LogP contribution in [0.4, 0.5) is 0 Å². The molecule has 0 spiro atoms. The first-order chi connectivity index (χ1) is 9.81. The van der Waals surface area contributed by atoms with Crippen molar-refractivity contribution in [2.24, 2.45) is 5.92 Å². The number of hydrogen-bond donors (Lipinski definition) is 1. The fourth-order valence-corrected chi connectivity index (χ4v) is 3.35. The summed E-state index contributed by atoms with van der Waals surface area (Å²) in [5, 5.41) is 6.13. The molecule has 0 radical (unpaired) electrons. The van der Waals surface area contributed by atoms with Crippen LogP contribution in [-0.2, 0) is 13.8 Å². The van der Waals surface area contributed by atoms with Crippen molar-refractivity contribution < 1.29 is 17.9 Å². The number of aryl methyl sites for hydroxylation is 1. The van der Waals surface area contributed by atoms with Crippen LogP contribution in [0.3, 0.4) is 0 Å². The van der Waals surface area contributed by atoms with Crippen molar-refractivity contribution in [1.29, 1.82) is 0 Å². The van der Waals surface area contributed by atoms with E-state index in [1.54, 1.807) is 0 Å². The van der Waals surface area contributed by atoms with E-state index in [1.807, 2.05) is 6.92 Å². The maximum Gasteiger partial charge on any atom is 0.360 e. The highest BCUT2D eigenvalue weighted by Crippen LogP contribution is 2.23. The number of aromatic amines is 1. The maximum absolute atomic E-state index is 12.0. The third kappa shape index (κ3) is 5.00. The minimum Gasteiger partial charge on any atom is -0.461 e. The lowest BCUT2D eigenvalue weighted by Gasteiger charge is -2.14. The summed E-state index contributed by atoms with van der Waals surface area (Å²) in [5.74, 6) is -0.501. The van der Waals surface area contributed by atoms with Crippen LogP contribution in [0.5, 0.6) is 0 Å². The number of unbranched alkanes of at least 4 members (excludes halogenated alkanes) is 1. The van der Waals surface area contributed by atoms with Crippen molar-refractivity contribution in [1.82, 2.24) is 10.2 Å². The van der Waals surface area contributed by atoms with E-state index in [1.165, 1.54) is 6.92 Å². The molecule has 1 rings (SSSR count). The van der Waals surface area contributed by atoms with E-state index in [9.17, 15) is 13.2 Å². The van der Waals surface area contributed by atoms with Gasteiger partial charge in [-0.05, 0) is 19.3 Å². The van der Waals surface area contributed by atoms with Gasteiger partial charge in [0, 0.05) is 10.7 Å². The Labute approximate surface area is 129 Å². The smallest absolute Gasteiger partial charge is 0.360 e. The van der Waals surface area contributed by atoms with E-state index in [2.05, 4.69) is 17.1 Å². The molecule has 0 fully saturated rings. The first-order valence-corrected chi connectivity index (χ1v) is 9.28. The minimum absolute atomic E-state index is 0.218. The maximum atomic E-state index is 12.0. The summed E-state index contributed by atoms with van der Waals surface area (Å²) in [6.07, 6.45) is 4.02. The largest absolute Gasteiger partial charge is 0.461 e. The number of carbonyl (C=O) groups excluding carboxylic acids is 1. The molecule has 1 N–H and O–H groups in total. The lowest BCUT2D eigenvalue weighted by Crippen LogP contribution is -2.16. The molecule has 1 atom stereocenters. The summed E-state index contributed by atoms with van der Waals surface area (Å²) >= 11 is 0. The first kappa shape index (κ1) is 18.0. The predicted octanol–water partition coefficient (Wildman–Crippen LogP) is 3.02. The highest BCUT2D eigenvalue weighted by Gasteiger charge is 2.28. The number of rotatable bonds is 8. The molecule has 0 saturated carbocycles. The summed E-state index contributed by atoms with van der Waals surface area (Å²) in [5.41, 5.74) is -0.0668. The molecule has 0 aliphatic rings. The van der Waals surface area contributed by atoms with E-state index in [0.717, 1.165) is 25.7 Å². The highest BCUT2D eigenvalue weighted by molar-refractivity contribution is 8.13. The van der Waals surface area contributed by atoms with Crippen LogP contribution in [0.1, 0.15) is 55.7 Å². The standard InChI is InChI=1S/C13H21ClN2O4S/c1-4-6-7-10(5-2)8-20-13(17)11-12(21(14,18)19)9(3)15-16-11/h10H,4-8H2,1-3H3,(H,15,16). The molecule has 0 aliphatic carbocycles. The Kier molecular flexibility index (Phi) is 6.67. The van der Waals surface area contributed by atoms with Gasteiger partial charge in [-0.15, -0.1) is 0 Å². The first-order valence-electron chi connectivity index (χ1n) is 6.97. The molecule has 1 unspecified atom stereocenters. The second-order valence-corrected chi connectivity index (χ2v) is 7.48. The van der Waals surface area contributed by atoms with E-state index >= 15 is 0 Å². The van der Waals surface area contributed by atoms with Crippen LogP contribution in [0.2, 0.25) is 0 Å². The summed E-state index contributed by atoms with van der Waals surface area (Å²) in [6, 6.07) is 0. The van der Waals surface area contributed by atoms with Gasteiger partial charge >= 0.3 is 5.97 Å². The number of carbonyl (C=O) groups is 1. The fraction of sp³-hybridized carbons (Fsp3) is 0.692. The van der Waals surface area contributed by atoms with Crippen LogP contribution < -0.4 is 0 Å². The van der Waals surface area contributed by atoms with Crippen LogP contribution in [-0.4, -0.2) is 31.2 Å². The zero-order valence-electron chi connectivity index (χ0n) is 12.5. The Morgan fingerprint density at radius 3 is 2.62 bits per heavy atom. The summed E-state index contributed by atoms with van der Waals surface area (Å²) in [6.45, 7) is 5.86. The number of hydrogen-bond acceptors (Lipinski definition) is 5. The zero-order valence-corrected chi connectivity index (χ0v) is 14.1. The van der Waals surface area contributed by atoms with Crippen LogP contribution in [0, 0.1) is 12.8 Å². The predicted molar refractivity (Wildman–Crippen MR) is 80.0 cm³/mol. The molecule has 1 heterocycles. The number of esters is 1. The Hall–Kier alpha value is -1.08. The fourth-order valence-electron chi connectivity index (χ4n) is 2.02. The molecule has 1 aromatic rings. The molecule has 6 nitrogen and oxygen atoms in total. The van der Waals surface area contributed by atoms with Gasteiger partial charge < -0.3 is 4.74 Å². The normalized spacial score (nSPS) is 13.1. The van der Waals surface area contributed by atoms with Gasteiger partial charge in [-0.3, -0.25) is 5.10 Å². The van der Waals surface area contributed by atoms with Gasteiger partial charge in [-0.1, -0.05) is 33.1 Å². The Bertz CT molecular complexity index is 583. The van der Waals surface area contributed by atoms with Crippen molar-refractivity contribution >= 4 is 25.7 Å². The quantitative estimate of drug-likeness (QED) is 0.582. The molecule has 120 valence electrons. The number of nitrogens with zero attached hydrogens (tertiary/aromatic N) is 1. The number of ether oxygens (including phenoxy) is 1. The summed E-state index contributed by atoms with van der Waals surface area (Å²) < 4.78 is 28.1. The van der Waals surface area contributed by atoms with Gasteiger partial charge in [0.05, 0.1) is 12.3 Å². The molecule has 8 heteroatoms. The van der Waals surface area contributed by atoms with Crippen molar-refractivity contribution in [2.45, 2.75) is 51.3 Å². The van der Waals surface area contributed by atoms with E-state index in [-0.39, 0.29) is 28.8 Å². The number of aromatic nitrogens is 2. The summed E-state index contributed by atoms with van der Waals surface area (Å²) in [7, 11) is 1.27. The molecule has 0 aliphatic heterocycles. The van der Waals surface area contributed by atoms with Gasteiger partial charge in [0.15, 0.2) is 5.69 Å². The molecule has 21 heavy (non-hydrogen) atoms. The SMILES string of the molecule is CCCCC(CC)COC(=O)c1n[nH]c(C)c1S(=O)(=O)Cl. The van der Waals surface area contributed by atoms with Crippen molar-refractivity contribution in [3.8, 4) is 0 Å². The minimum atomic E-state index is -4.05. The second-order valence-electron chi connectivity index (χ2n) is 4.98. The molecule has 0 amide bonds.